The Morgan fingerprint density at radius 3 is 2.64 bits per heavy atom. The van der Waals surface area contributed by atoms with Gasteiger partial charge in [-0.1, -0.05) is 25.7 Å². The molecule has 0 aliphatic heterocycles. The second kappa shape index (κ2) is 2.63. The second-order valence-electron chi connectivity index (χ2n) is 4.17. The predicted octanol–water partition coefficient (Wildman–Crippen LogP) is 0.233. The van der Waals surface area contributed by atoms with Crippen LogP contribution in [0.3, 0.4) is 0 Å². The Balaban J connectivity index is 2.62. The van der Waals surface area contributed by atoms with Crippen LogP contribution in [0.15, 0.2) is 6.20 Å². The van der Waals surface area contributed by atoms with Gasteiger partial charge in [-0.3, -0.25) is 0 Å². The van der Waals surface area contributed by atoms with E-state index in [1.54, 1.807) is 6.20 Å². The number of aromatic nitrogens is 5. The molecule has 0 unspecified atom stereocenters. The summed E-state index contributed by atoms with van der Waals surface area (Å²) in [6.45, 7) is 6.13. The van der Waals surface area contributed by atoms with Gasteiger partial charge in [0.2, 0.25) is 5.65 Å². The van der Waals surface area contributed by atoms with E-state index in [2.05, 4.69) is 20.2 Å². The summed E-state index contributed by atoms with van der Waals surface area (Å²) in [6.07, 6.45) is 1.64. The van der Waals surface area contributed by atoms with E-state index in [1.807, 2.05) is 20.8 Å². The molecule has 0 aromatic carbocycles. The number of hydrogen-bond donors (Lipinski definition) is 1. The summed E-state index contributed by atoms with van der Waals surface area (Å²) in [5, 5.41) is 7.81. The molecule has 0 amide bonds. The SMILES string of the molecule is CC(C)(C)c1ncc2nn(N)nc2n1. The van der Waals surface area contributed by atoms with Crippen molar-refractivity contribution in [2.75, 3.05) is 5.84 Å². The number of nitrogens with zero attached hydrogens (tertiary/aromatic N) is 5. The molecular formula is C8H12N6. The van der Waals surface area contributed by atoms with Crippen molar-refractivity contribution in [3.05, 3.63) is 12.0 Å². The molecule has 2 aromatic rings. The Morgan fingerprint density at radius 2 is 2.00 bits per heavy atom. The van der Waals surface area contributed by atoms with Crippen LogP contribution in [0.25, 0.3) is 11.2 Å². The van der Waals surface area contributed by atoms with Crippen LogP contribution in [0, 0.1) is 0 Å². The highest BCUT2D eigenvalue weighted by atomic mass is 15.6. The van der Waals surface area contributed by atoms with Gasteiger partial charge in [-0.2, -0.15) is 0 Å². The second-order valence-corrected chi connectivity index (χ2v) is 4.17. The summed E-state index contributed by atoms with van der Waals surface area (Å²) in [5.41, 5.74) is 1.06. The van der Waals surface area contributed by atoms with E-state index < -0.39 is 0 Å². The monoisotopic (exact) mass is 192 g/mol. The molecule has 0 spiro atoms. The molecule has 14 heavy (non-hydrogen) atoms. The molecule has 74 valence electrons. The van der Waals surface area contributed by atoms with Gasteiger partial charge in [0.1, 0.15) is 5.82 Å². The summed E-state index contributed by atoms with van der Waals surface area (Å²) in [7, 11) is 0. The molecule has 0 aliphatic rings. The summed E-state index contributed by atoms with van der Waals surface area (Å²) in [4.78, 5) is 9.50. The quantitative estimate of drug-likeness (QED) is 0.604. The van der Waals surface area contributed by atoms with E-state index in [0.29, 0.717) is 11.2 Å². The Labute approximate surface area is 81.1 Å². The van der Waals surface area contributed by atoms with Gasteiger partial charge in [-0.05, 0) is 0 Å². The first-order chi connectivity index (χ1) is 6.47. The fourth-order valence-corrected chi connectivity index (χ4v) is 1.10. The lowest BCUT2D eigenvalue weighted by molar-refractivity contribution is 0.547. The van der Waals surface area contributed by atoms with Crippen LogP contribution in [0.4, 0.5) is 0 Å². The molecule has 0 fully saturated rings. The molecule has 6 heteroatoms. The lowest BCUT2D eigenvalue weighted by atomic mass is 9.96. The van der Waals surface area contributed by atoms with Gasteiger partial charge in [0.25, 0.3) is 0 Å². The molecule has 2 heterocycles. The lowest BCUT2D eigenvalue weighted by Gasteiger charge is -2.14. The first-order valence-corrected chi connectivity index (χ1v) is 4.32. The Kier molecular flexibility index (Phi) is 1.67. The minimum Gasteiger partial charge on any atom is -0.306 e. The maximum atomic E-state index is 5.38. The normalized spacial score (nSPS) is 12.2. The van der Waals surface area contributed by atoms with Crippen LogP contribution in [0.1, 0.15) is 26.6 Å². The molecule has 2 aromatic heterocycles. The van der Waals surface area contributed by atoms with Gasteiger partial charge in [-0.25, -0.2) is 9.97 Å². The standard InChI is InChI=1S/C8H12N6/c1-8(2,3)7-10-4-5-6(11-7)13-14(9)12-5/h4H,9H2,1-3H3. The van der Waals surface area contributed by atoms with E-state index in [0.717, 1.165) is 10.7 Å². The van der Waals surface area contributed by atoms with E-state index in [1.165, 1.54) is 0 Å². The fraction of sp³-hybridized carbons (Fsp3) is 0.500. The van der Waals surface area contributed by atoms with Crippen LogP contribution in [-0.4, -0.2) is 25.1 Å². The highest BCUT2D eigenvalue weighted by Gasteiger charge is 2.18. The van der Waals surface area contributed by atoms with E-state index in [4.69, 9.17) is 5.84 Å². The van der Waals surface area contributed by atoms with Crippen LogP contribution in [0.2, 0.25) is 0 Å². The molecule has 6 nitrogen and oxygen atoms in total. The Bertz CT molecular complexity index is 466. The van der Waals surface area contributed by atoms with Gasteiger partial charge in [0, 0.05) is 5.41 Å². The van der Waals surface area contributed by atoms with Crippen molar-refractivity contribution in [2.45, 2.75) is 26.2 Å². The van der Waals surface area contributed by atoms with Crippen molar-refractivity contribution in [1.29, 1.82) is 0 Å². The minimum atomic E-state index is -0.0907. The Morgan fingerprint density at radius 1 is 1.29 bits per heavy atom. The Hall–Kier alpha value is -1.72. The molecule has 2 N–H and O–H groups in total. The van der Waals surface area contributed by atoms with Crippen molar-refractivity contribution in [3.63, 3.8) is 0 Å². The minimum absolute atomic E-state index is 0.0907. The van der Waals surface area contributed by atoms with E-state index in [-0.39, 0.29) is 5.41 Å². The van der Waals surface area contributed by atoms with Crippen LogP contribution < -0.4 is 5.84 Å². The van der Waals surface area contributed by atoms with Gasteiger partial charge in [0.15, 0.2) is 5.52 Å². The summed E-state index contributed by atoms with van der Waals surface area (Å²) < 4.78 is 0. The molecule has 0 saturated carbocycles. The molecule has 0 radical (unpaired) electrons. The van der Waals surface area contributed by atoms with E-state index >= 15 is 0 Å². The highest BCUT2D eigenvalue weighted by Crippen LogP contribution is 2.18. The summed E-state index contributed by atoms with van der Waals surface area (Å²) in [6, 6.07) is 0. The predicted molar refractivity (Wildman–Crippen MR) is 52.0 cm³/mol. The van der Waals surface area contributed by atoms with Gasteiger partial charge >= 0.3 is 0 Å². The maximum absolute atomic E-state index is 5.38. The number of rotatable bonds is 0. The van der Waals surface area contributed by atoms with Gasteiger partial charge < -0.3 is 5.84 Å². The first kappa shape index (κ1) is 8.86. The van der Waals surface area contributed by atoms with Crippen molar-refractivity contribution in [2.24, 2.45) is 0 Å². The fourth-order valence-electron chi connectivity index (χ4n) is 1.10. The van der Waals surface area contributed by atoms with Crippen LogP contribution in [-0.2, 0) is 5.41 Å². The first-order valence-electron chi connectivity index (χ1n) is 4.32. The third-order valence-electron chi connectivity index (χ3n) is 1.83. The molecule has 0 aliphatic carbocycles. The molecule has 2 rings (SSSR count). The average Bonchev–Trinajstić information content (AvgIpc) is 2.41. The summed E-state index contributed by atoms with van der Waals surface area (Å²) >= 11 is 0. The number of nitrogen functional groups attached to an aromatic ring is 1. The third kappa shape index (κ3) is 1.39. The zero-order chi connectivity index (χ0) is 10.3. The van der Waals surface area contributed by atoms with Crippen molar-refractivity contribution in [1.82, 2.24) is 25.1 Å². The molecular weight excluding hydrogens is 180 g/mol. The topological polar surface area (TPSA) is 82.5 Å². The van der Waals surface area contributed by atoms with Crippen molar-refractivity contribution < 1.29 is 0 Å². The number of nitrogens with two attached hydrogens (primary N) is 1. The van der Waals surface area contributed by atoms with Crippen molar-refractivity contribution >= 4 is 11.2 Å². The van der Waals surface area contributed by atoms with Crippen LogP contribution >= 0.6 is 0 Å². The lowest BCUT2D eigenvalue weighted by Crippen LogP contribution is -2.15. The van der Waals surface area contributed by atoms with E-state index in [9.17, 15) is 0 Å². The molecule has 0 saturated heterocycles. The molecule has 0 atom stereocenters. The average molecular weight is 192 g/mol. The van der Waals surface area contributed by atoms with Gasteiger partial charge in [-0.15, -0.1) is 10.2 Å². The van der Waals surface area contributed by atoms with Crippen molar-refractivity contribution in [3.8, 4) is 0 Å². The zero-order valence-corrected chi connectivity index (χ0v) is 8.39. The van der Waals surface area contributed by atoms with Gasteiger partial charge in [0.05, 0.1) is 6.20 Å². The zero-order valence-electron chi connectivity index (χ0n) is 8.39. The smallest absolute Gasteiger partial charge is 0.207 e. The number of fused-ring (bicyclic) bond motifs is 1. The number of hydrogen-bond acceptors (Lipinski definition) is 5. The molecule has 0 bridgehead atoms. The third-order valence-corrected chi connectivity index (χ3v) is 1.83. The summed E-state index contributed by atoms with van der Waals surface area (Å²) in [5.74, 6) is 6.12. The largest absolute Gasteiger partial charge is 0.306 e. The van der Waals surface area contributed by atoms with Crippen LogP contribution in [0.5, 0.6) is 0 Å². The highest BCUT2D eigenvalue weighted by molar-refractivity contribution is 5.67. The maximum Gasteiger partial charge on any atom is 0.207 e.